The molecule has 0 bridgehead atoms. The molecule has 0 aliphatic rings. The smallest absolute Gasteiger partial charge is 0.335 e. The van der Waals surface area contributed by atoms with E-state index in [2.05, 4.69) is 4.62 Å². The van der Waals surface area contributed by atoms with E-state index in [-0.39, 0.29) is 13.2 Å². The van der Waals surface area contributed by atoms with Crippen LogP contribution in [0.25, 0.3) is 0 Å². The van der Waals surface area contributed by atoms with E-state index in [1.165, 1.54) is 4.90 Å². The summed E-state index contributed by atoms with van der Waals surface area (Å²) < 4.78 is 26.0. The Bertz CT molecular complexity index is 335. The van der Waals surface area contributed by atoms with Gasteiger partial charge < -0.3 is 4.90 Å². The van der Waals surface area contributed by atoms with Gasteiger partial charge in [-0.1, -0.05) is 0 Å². The Balaban J connectivity index is 4.48. The number of hydrogen-bond donors (Lipinski definition) is 1. The van der Waals surface area contributed by atoms with Crippen molar-refractivity contribution in [2.45, 2.75) is 27.7 Å². The lowest BCUT2D eigenvalue weighted by Gasteiger charge is -2.19. The zero-order valence-electron chi connectivity index (χ0n) is 11.7. The monoisotopic (exact) mass is 296 g/mol. The van der Waals surface area contributed by atoms with Crippen molar-refractivity contribution in [2.75, 3.05) is 26.3 Å². The topological polar surface area (TPSA) is 94.2 Å². The number of rotatable bonds is 8. The molecule has 0 unspecified atom stereocenters. The Labute approximate surface area is 113 Å². The van der Waals surface area contributed by atoms with Crippen LogP contribution in [-0.2, 0) is 27.8 Å². The molecule has 0 radical (unpaired) electrons. The third-order valence-corrected chi connectivity index (χ3v) is 3.53. The fourth-order valence-corrected chi connectivity index (χ4v) is 2.21. The Morgan fingerprint density at radius 1 is 1.05 bits per heavy atom. The zero-order valence-corrected chi connectivity index (χ0v) is 12.6. The number of carbonyl (C=O) groups excluding carboxylic acids is 2. The number of nitrogens with zero attached hydrogens (tertiary/aromatic N) is 1. The molecule has 2 amide bonds. The van der Waals surface area contributed by atoms with Gasteiger partial charge in [0.25, 0.3) is 0 Å². The van der Waals surface area contributed by atoms with Crippen LogP contribution in [-0.4, -0.2) is 43.0 Å². The van der Waals surface area contributed by atoms with Crippen molar-refractivity contribution >= 4 is 19.6 Å². The summed E-state index contributed by atoms with van der Waals surface area (Å²) >= 11 is 0. The minimum atomic E-state index is -3.86. The molecule has 8 nitrogen and oxygen atoms in total. The molecule has 0 atom stereocenters. The summed E-state index contributed by atoms with van der Waals surface area (Å²) in [4.78, 5) is 24.4. The van der Waals surface area contributed by atoms with E-state index in [0.29, 0.717) is 13.1 Å². The minimum absolute atomic E-state index is 0.0805. The van der Waals surface area contributed by atoms with Gasteiger partial charge in [0.05, 0.1) is 13.2 Å². The second kappa shape index (κ2) is 9.03. The van der Waals surface area contributed by atoms with E-state index in [0.717, 1.165) is 0 Å². The van der Waals surface area contributed by atoms with Crippen molar-refractivity contribution in [2.24, 2.45) is 0 Å². The molecule has 0 rings (SSSR count). The van der Waals surface area contributed by atoms with Crippen LogP contribution in [0.5, 0.6) is 0 Å². The number of hydrogen-bond acceptors (Lipinski definition) is 6. The average Bonchev–Trinajstić information content (AvgIpc) is 2.38. The molecule has 1 N–H and O–H groups in total. The maximum atomic E-state index is 11.8. The highest BCUT2D eigenvalue weighted by molar-refractivity contribution is 7.48. The highest BCUT2D eigenvalue weighted by Crippen LogP contribution is 2.47. The van der Waals surface area contributed by atoms with Gasteiger partial charge in [-0.25, -0.2) is 10.0 Å². The molecule has 0 aromatic heterocycles. The van der Waals surface area contributed by atoms with Crippen molar-refractivity contribution in [1.29, 1.82) is 0 Å². The second-order valence-corrected chi connectivity index (χ2v) is 4.88. The first-order chi connectivity index (χ1) is 8.94. The van der Waals surface area contributed by atoms with Crippen LogP contribution in [0.2, 0.25) is 0 Å². The largest absolute Gasteiger partial charge is 0.496 e. The summed E-state index contributed by atoms with van der Waals surface area (Å²) in [6, 6.07) is 0. The van der Waals surface area contributed by atoms with Crippen LogP contribution in [0.15, 0.2) is 0 Å². The van der Waals surface area contributed by atoms with Gasteiger partial charge in [-0.15, -0.1) is 0 Å². The molecule has 112 valence electrons. The van der Waals surface area contributed by atoms with Crippen molar-refractivity contribution in [3.63, 3.8) is 0 Å². The van der Waals surface area contributed by atoms with Gasteiger partial charge in [0.15, 0.2) is 0 Å². The first kappa shape index (κ1) is 18.0. The molecule has 19 heavy (non-hydrogen) atoms. The van der Waals surface area contributed by atoms with Gasteiger partial charge in [0, 0.05) is 13.1 Å². The maximum absolute atomic E-state index is 11.8. The number of amides is 2. The summed E-state index contributed by atoms with van der Waals surface area (Å²) in [5.41, 5.74) is 1.80. The van der Waals surface area contributed by atoms with E-state index in [9.17, 15) is 14.2 Å². The lowest BCUT2D eigenvalue weighted by molar-refractivity contribution is -0.149. The predicted molar refractivity (Wildman–Crippen MR) is 68.0 cm³/mol. The third-order valence-electron chi connectivity index (χ3n) is 2.07. The standard InChI is InChI=1S/C10H21N2O6P/c1-5-12(6-2)10(14)9(13)11-18-19(15,16-7-3)17-8-4/h5-8H2,1-4H3,(H,11,13). The van der Waals surface area contributed by atoms with Crippen LogP contribution in [0.4, 0.5) is 0 Å². The van der Waals surface area contributed by atoms with Crippen molar-refractivity contribution < 1.29 is 27.8 Å². The van der Waals surface area contributed by atoms with Gasteiger partial charge >= 0.3 is 19.6 Å². The number of phosphoric ester groups is 1. The Morgan fingerprint density at radius 3 is 1.89 bits per heavy atom. The maximum Gasteiger partial charge on any atom is 0.496 e. The van der Waals surface area contributed by atoms with Crippen molar-refractivity contribution in [3.8, 4) is 0 Å². The van der Waals surface area contributed by atoms with Crippen molar-refractivity contribution in [3.05, 3.63) is 0 Å². The van der Waals surface area contributed by atoms with Gasteiger partial charge in [-0.3, -0.25) is 18.6 Å². The molecule has 0 spiro atoms. The fourth-order valence-electron chi connectivity index (χ4n) is 1.20. The fraction of sp³-hybridized carbons (Fsp3) is 0.800. The van der Waals surface area contributed by atoms with E-state index in [1.54, 1.807) is 33.2 Å². The summed E-state index contributed by atoms with van der Waals surface area (Å²) in [5.74, 6) is -1.80. The lowest BCUT2D eigenvalue weighted by atomic mass is 10.4. The predicted octanol–water partition coefficient (Wildman–Crippen LogP) is 1.08. The molecule has 0 saturated carbocycles. The van der Waals surface area contributed by atoms with Gasteiger partial charge in [-0.05, 0) is 27.7 Å². The molecule has 0 aromatic rings. The molecule has 0 aliphatic heterocycles. The van der Waals surface area contributed by atoms with E-state index in [1.807, 2.05) is 0 Å². The zero-order chi connectivity index (χ0) is 14.9. The van der Waals surface area contributed by atoms with Gasteiger partial charge in [-0.2, -0.15) is 4.62 Å². The van der Waals surface area contributed by atoms with E-state index >= 15 is 0 Å². The first-order valence-corrected chi connectivity index (χ1v) is 7.57. The number of nitrogens with one attached hydrogen (secondary N) is 1. The molecule has 0 aliphatic carbocycles. The van der Waals surface area contributed by atoms with Crippen molar-refractivity contribution in [1.82, 2.24) is 10.4 Å². The molecule has 0 aromatic carbocycles. The minimum Gasteiger partial charge on any atom is -0.335 e. The van der Waals surface area contributed by atoms with Gasteiger partial charge in [0.1, 0.15) is 0 Å². The van der Waals surface area contributed by atoms with Crippen LogP contribution in [0.3, 0.4) is 0 Å². The number of hydroxylamine groups is 1. The van der Waals surface area contributed by atoms with Crippen LogP contribution in [0.1, 0.15) is 27.7 Å². The quantitative estimate of drug-likeness (QED) is 0.409. The number of phosphoric acid groups is 1. The molecular formula is C10H21N2O6P. The summed E-state index contributed by atoms with van der Waals surface area (Å²) in [5, 5.41) is 0. The number of likely N-dealkylation sites (N-methyl/N-ethyl adjacent to an activating group) is 1. The molecule has 0 saturated heterocycles. The highest BCUT2D eigenvalue weighted by Gasteiger charge is 2.29. The van der Waals surface area contributed by atoms with Crippen LogP contribution >= 0.6 is 7.82 Å². The van der Waals surface area contributed by atoms with E-state index in [4.69, 9.17) is 9.05 Å². The second-order valence-electron chi connectivity index (χ2n) is 3.28. The Kier molecular flexibility index (Phi) is 8.58. The molecule has 0 fully saturated rings. The summed E-state index contributed by atoms with van der Waals surface area (Å²) in [6.07, 6.45) is 0. The highest BCUT2D eigenvalue weighted by atomic mass is 31.2. The van der Waals surface area contributed by atoms with Gasteiger partial charge in [0.2, 0.25) is 0 Å². The SMILES string of the molecule is CCOP(=O)(OCC)ONC(=O)C(=O)N(CC)CC. The first-order valence-electron chi connectivity index (χ1n) is 6.10. The molecule has 9 heteroatoms. The summed E-state index contributed by atoms with van der Waals surface area (Å²) in [6.45, 7) is 7.60. The van der Waals surface area contributed by atoms with Crippen LogP contribution < -0.4 is 5.48 Å². The number of carbonyl (C=O) groups is 2. The molecule has 0 heterocycles. The Hall–Kier alpha value is -0.950. The van der Waals surface area contributed by atoms with E-state index < -0.39 is 19.6 Å². The third kappa shape index (κ3) is 6.15. The van der Waals surface area contributed by atoms with Crippen LogP contribution in [0, 0.1) is 0 Å². The Morgan fingerprint density at radius 2 is 1.53 bits per heavy atom. The normalized spacial score (nSPS) is 11.2. The lowest BCUT2D eigenvalue weighted by Crippen LogP contribution is -2.42. The average molecular weight is 296 g/mol. The summed E-state index contributed by atoms with van der Waals surface area (Å²) in [7, 11) is -3.86. The molecular weight excluding hydrogens is 275 g/mol.